The second kappa shape index (κ2) is 21.1. The molecule has 1 heterocycles. The average Bonchev–Trinajstić information content (AvgIpc) is 3.62. The Morgan fingerprint density at radius 2 is 1.60 bits per heavy atom. The second-order valence-electron chi connectivity index (χ2n) is 15.1. The van der Waals surface area contributed by atoms with E-state index in [1.807, 2.05) is 74.5 Å². The number of aryl methyl sites for hydroxylation is 1. The minimum absolute atomic E-state index is 0.0351. The van der Waals surface area contributed by atoms with Crippen LogP contribution in [0.3, 0.4) is 0 Å². The number of alkyl carbamates (subject to hydrolysis) is 1. The van der Waals surface area contributed by atoms with Gasteiger partial charge in [0.2, 0.25) is 17.7 Å². The molecule has 12 nitrogen and oxygen atoms in total. The highest BCUT2D eigenvalue weighted by Crippen LogP contribution is 2.24. The molecule has 0 aliphatic carbocycles. The van der Waals surface area contributed by atoms with Crippen LogP contribution in [0.25, 0.3) is 0 Å². The van der Waals surface area contributed by atoms with Gasteiger partial charge in [-0.05, 0) is 57.1 Å². The quantitative estimate of drug-likeness (QED) is 0.109. The first-order valence-corrected chi connectivity index (χ1v) is 18.8. The Morgan fingerprint density at radius 1 is 0.962 bits per heavy atom. The number of rotatable bonds is 21. The van der Waals surface area contributed by atoms with Gasteiger partial charge in [-0.3, -0.25) is 14.4 Å². The molecule has 0 saturated carbocycles. The molecule has 12 heteroatoms. The molecule has 0 bridgehead atoms. The molecule has 0 spiro atoms. The van der Waals surface area contributed by atoms with Gasteiger partial charge in [-0.2, -0.15) is 0 Å². The SMILES string of the molecule is CCCCCN(C[C@H](O)C(CC(C)C)N(C(=O)[C@H](Cc1ccccc1)NC(=O)OC(C)(C)C)[C@@H](Cc1c[nH]cn1)C(N)=O)C(=O)CCc1ccccc1. The minimum Gasteiger partial charge on any atom is -0.444 e. The molecule has 3 rings (SSSR count). The fourth-order valence-electron chi connectivity index (χ4n) is 6.38. The van der Waals surface area contributed by atoms with Crippen molar-refractivity contribution in [3.05, 3.63) is 90.0 Å². The van der Waals surface area contributed by atoms with E-state index in [1.54, 1.807) is 31.9 Å². The average molecular weight is 733 g/mol. The Labute approximate surface area is 314 Å². The maximum absolute atomic E-state index is 15.1. The predicted octanol–water partition coefficient (Wildman–Crippen LogP) is 5.20. The summed E-state index contributed by atoms with van der Waals surface area (Å²) < 4.78 is 5.56. The molecule has 0 aliphatic rings. The molecule has 290 valence electrons. The number of aliphatic hydroxyl groups excluding tert-OH is 1. The number of hydrogen-bond donors (Lipinski definition) is 4. The van der Waals surface area contributed by atoms with Crippen molar-refractivity contribution in [2.75, 3.05) is 13.1 Å². The normalized spacial score (nSPS) is 13.8. The van der Waals surface area contributed by atoms with E-state index in [0.29, 0.717) is 18.7 Å². The van der Waals surface area contributed by atoms with Crippen LogP contribution < -0.4 is 11.1 Å². The van der Waals surface area contributed by atoms with Crippen molar-refractivity contribution in [2.45, 2.75) is 123 Å². The van der Waals surface area contributed by atoms with Gasteiger partial charge in [0, 0.05) is 38.5 Å². The predicted molar refractivity (Wildman–Crippen MR) is 206 cm³/mol. The maximum Gasteiger partial charge on any atom is 0.408 e. The van der Waals surface area contributed by atoms with Gasteiger partial charge in [-0.15, -0.1) is 0 Å². The van der Waals surface area contributed by atoms with Crippen LogP contribution in [0, 0.1) is 5.92 Å². The Bertz CT molecular complexity index is 1540. The topological polar surface area (TPSA) is 171 Å². The number of nitrogens with one attached hydrogen (secondary N) is 2. The lowest BCUT2D eigenvalue weighted by Gasteiger charge is -2.42. The van der Waals surface area contributed by atoms with Crippen LogP contribution >= 0.6 is 0 Å². The van der Waals surface area contributed by atoms with Crippen LogP contribution in [0.4, 0.5) is 4.79 Å². The molecule has 0 saturated heterocycles. The molecule has 5 N–H and O–H groups in total. The Morgan fingerprint density at radius 3 is 2.15 bits per heavy atom. The van der Waals surface area contributed by atoms with Crippen LogP contribution in [0.5, 0.6) is 0 Å². The molecular weight excluding hydrogens is 672 g/mol. The van der Waals surface area contributed by atoms with Crippen molar-refractivity contribution in [1.29, 1.82) is 0 Å². The number of aromatic nitrogens is 2. The van der Waals surface area contributed by atoms with Crippen molar-refractivity contribution >= 4 is 23.8 Å². The standard InChI is InChI=1S/C41H60N6O6/c1-7-8-15-22-46(37(49)21-20-30-16-11-9-12-17-30)27-36(48)34(23-29(2)3)47(35(38(42)50)25-32-26-43-28-44-32)39(51)33(24-31-18-13-10-14-19-31)45-40(52)53-41(4,5)6/h9-14,16-19,26,28-29,33-36,48H,7-8,15,20-25,27H2,1-6H3,(H2,42,50)(H,43,44)(H,45,52)/t33-,34?,35-,36-/m0/s1. The van der Waals surface area contributed by atoms with E-state index < -0.39 is 47.7 Å². The number of hydrogen-bond acceptors (Lipinski definition) is 7. The summed E-state index contributed by atoms with van der Waals surface area (Å²) in [6.07, 6.45) is 4.75. The third-order valence-corrected chi connectivity index (χ3v) is 8.92. The fraction of sp³-hybridized carbons (Fsp3) is 0.537. The first-order chi connectivity index (χ1) is 25.2. The number of ether oxygens (including phenoxy) is 1. The van der Waals surface area contributed by atoms with Crippen LogP contribution in [0.15, 0.2) is 73.2 Å². The van der Waals surface area contributed by atoms with Crippen molar-refractivity contribution in [2.24, 2.45) is 11.7 Å². The molecule has 0 radical (unpaired) electrons. The molecular formula is C41H60N6O6. The summed E-state index contributed by atoms with van der Waals surface area (Å²) in [5, 5.41) is 15.0. The van der Waals surface area contributed by atoms with E-state index in [1.165, 1.54) is 11.2 Å². The van der Waals surface area contributed by atoms with E-state index in [4.69, 9.17) is 10.5 Å². The number of imidazole rings is 1. The lowest BCUT2D eigenvalue weighted by atomic mass is 9.92. The highest BCUT2D eigenvalue weighted by Gasteiger charge is 2.42. The van der Waals surface area contributed by atoms with Gasteiger partial charge in [0.1, 0.15) is 17.7 Å². The number of primary amides is 1. The lowest BCUT2D eigenvalue weighted by Crippen LogP contribution is -2.63. The van der Waals surface area contributed by atoms with Crippen LogP contribution in [0.2, 0.25) is 0 Å². The third-order valence-electron chi connectivity index (χ3n) is 8.92. The van der Waals surface area contributed by atoms with Crippen LogP contribution in [-0.4, -0.2) is 91.6 Å². The van der Waals surface area contributed by atoms with E-state index in [0.717, 1.165) is 30.4 Å². The van der Waals surface area contributed by atoms with Crippen molar-refractivity contribution in [3.63, 3.8) is 0 Å². The summed E-state index contributed by atoms with van der Waals surface area (Å²) in [5.41, 5.74) is 7.54. The van der Waals surface area contributed by atoms with Crippen molar-refractivity contribution < 1.29 is 29.0 Å². The zero-order valence-electron chi connectivity index (χ0n) is 32.3. The summed E-state index contributed by atoms with van der Waals surface area (Å²) in [6, 6.07) is 15.6. The lowest BCUT2D eigenvalue weighted by molar-refractivity contribution is -0.149. The summed E-state index contributed by atoms with van der Waals surface area (Å²) in [6.45, 7) is 11.5. The smallest absolute Gasteiger partial charge is 0.408 e. The van der Waals surface area contributed by atoms with Crippen molar-refractivity contribution in [1.82, 2.24) is 25.1 Å². The number of nitrogens with zero attached hydrogens (tertiary/aromatic N) is 3. The van der Waals surface area contributed by atoms with E-state index >= 15 is 4.79 Å². The van der Waals surface area contributed by atoms with Gasteiger partial charge in [-0.25, -0.2) is 9.78 Å². The number of unbranched alkanes of at least 4 members (excludes halogenated alkanes) is 2. The van der Waals surface area contributed by atoms with Crippen LogP contribution in [0.1, 0.15) is 90.5 Å². The maximum atomic E-state index is 15.1. The molecule has 2 aromatic carbocycles. The summed E-state index contributed by atoms with van der Waals surface area (Å²) in [5.74, 6) is -1.56. The number of H-pyrrole nitrogens is 1. The molecule has 1 unspecified atom stereocenters. The number of nitrogens with two attached hydrogens (primary N) is 1. The highest BCUT2D eigenvalue weighted by atomic mass is 16.6. The number of amides is 4. The number of carbonyl (C=O) groups is 4. The second-order valence-corrected chi connectivity index (χ2v) is 15.1. The number of aliphatic hydroxyl groups is 1. The summed E-state index contributed by atoms with van der Waals surface area (Å²) >= 11 is 0. The fourth-order valence-corrected chi connectivity index (χ4v) is 6.38. The zero-order valence-corrected chi connectivity index (χ0v) is 32.3. The van der Waals surface area contributed by atoms with Gasteiger partial charge in [0.25, 0.3) is 0 Å². The van der Waals surface area contributed by atoms with Crippen molar-refractivity contribution in [3.8, 4) is 0 Å². The first-order valence-electron chi connectivity index (χ1n) is 18.8. The Hall–Kier alpha value is -4.71. The molecule has 3 aromatic rings. The van der Waals surface area contributed by atoms with E-state index in [-0.39, 0.29) is 44.1 Å². The molecule has 4 atom stereocenters. The monoisotopic (exact) mass is 732 g/mol. The largest absolute Gasteiger partial charge is 0.444 e. The number of aromatic amines is 1. The molecule has 1 aromatic heterocycles. The van der Waals surface area contributed by atoms with Gasteiger partial charge in [-0.1, -0.05) is 94.3 Å². The minimum atomic E-state index is -1.26. The molecule has 53 heavy (non-hydrogen) atoms. The van der Waals surface area contributed by atoms with Gasteiger partial charge < -0.3 is 35.7 Å². The summed E-state index contributed by atoms with van der Waals surface area (Å²) in [4.78, 5) is 65.7. The highest BCUT2D eigenvalue weighted by molar-refractivity contribution is 5.91. The zero-order chi connectivity index (χ0) is 39.0. The van der Waals surface area contributed by atoms with Gasteiger partial charge in [0.15, 0.2) is 0 Å². The summed E-state index contributed by atoms with van der Waals surface area (Å²) in [7, 11) is 0. The Kier molecular flexibility index (Phi) is 17.0. The number of benzene rings is 2. The Balaban J connectivity index is 2.08. The van der Waals surface area contributed by atoms with E-state index in [9.17, 15) is 19.5 Å². The van der Waals surface area contributed by atoms with E-state index in [2.05, 4.69) is 22.2 Å². The van der Waals surface area contributed by atoms with Gasteiger partial charge in [0.05, 0.1) is 24.2 Å². The third kappa shape index (κ3) is 14.7. The number of carbonyl (C=O) groups excluding carboxylic acids is 4. The van der Waals surface area contributed by atoms with Crippen LogP contribution in [-0.2, 0) is 38.4 Å². The first kappa shape index (κ1) is 42.7. The molecule has 4 amide bonds. The molecule has 0 fully saturated rings. The van der Waals surface area contributed by atoms with Gasteiger partial charge >= 0.3 is 6.09 Å². The molecule has 0 aliphatic heterocycles.